The molecule has 2 aromatic carbocycles. The van der Waals surface area contributed by atoms with E-state index in [1.54, 1.807) is 31.2 Å². The minimum Gasteiger partial charge on any atom is -0.369 e. The Morgan fingerprint density at radius 3 is 2.00 bits per heavy atom. The van der Waals surface area contributed by atoms with Crippen LogP contribution >= 0.6 is 0 Å². The fraction of sp³-hybridized carbons (Fsp3) is 0.286. The molecule has 0 unspecified atom stereocenters. The molecule has 2 aromatic rings. The summed E-state index contributed by atoms with van der Waals surface area (Å²) in [6.07, 6.45) is 0. The highest BCUT2D eigenvalue weighted by Crippen LogP contribution is 2.18. The van der Waals surface area contributed by atoms with E-state index in [2.05, 4.69) is 15.1 Å². The second kappa shape index (κ2) is 8.67. The number of primary amides is 1. The number of amides is 2. The molecular weight excluding hydrogens is 356 g/mol. The zero-order valence-corrected chi connectivity index (χ0v) is 15.9. The van der Waals surface area contributed by atoms with Crippen molar-refractivity contribution in [3.05, 3.63) is 59.7 Å². The summed E-state index contributed by atoms with van der Waals surface area (Å²) in [5, 5.41) is 2.84. The predicted molar refractivity (Wildman–Crippen MR) is 109 cm³/mol. The number of benzene rings is 2. The van der Waals surface area contributed by atoms with Crippen molar-refractivity contribution >= 4 is 29.0 Å². The summed E-state index contributed by atoms with van der Waals surface area (Å²) in [6.45, 7) is 5.07. The molecule has 0 aromatic heterocycles. The van der Waals surface area contributed by atoms with Crippen molar-refractivity contribution in [1.29, 1.82) is 0 Å². The van der Waals surface area contributed by atoms with Gasteiger partial charge in [-0.25, -0.2) is 0 Å². The van der Waals surface area contributed by atoms with Crippen molar-refractivity contribution < 1.29 is 14.4 Å². The Morgan fingerprint density at radius 2 is 1.46 bits per heavy atom. The molecule has 1 heterocycles. The minimum atomic E-state index is -0.494. The van der Waals surface area contributed by atoms with Crippen LogP contribution in [0.4, 0.5) is 11.4 Å². The lowest BCUT2D eigenvalue weighted by Crippen LogP contribution is -2.48. The lowest BCUT2D eigenvalue weighted by Gasteiger charge is -2.35. The van der Waals surface area contributed by atoms with Crippen LogP contribution < -0.4 is 16.0 Å². The topological polar surface area (TPSA) is 95.7 Å². The third-order valence-electron chi connectivity index (χ3n) is 4.83. The summed E-state index contributed by atoms with van der Waals surface area (Å²) in [7, 11) is 0. The summed E-state index contributed by atoms with van der Waals surface area (Å²) in [5.74, 6) is -0.524. The summed E-state index contributed by atoms with van der Waals surface area (Å²) in [5.41, 5.74) is 8.05. The highest BCUT2D eigenvalue weighted by atomic mass is 16.2. The van der Waals surface area contributed by atoms with Gasteiger partial charge in [-0.15, -0.1) is 0 Å². The van der Waals surface area contributed by atoms with Gasteiger partial charge in [0.05, 0.1) is 6.54 Å². The molecule has 0 bridgehead atoms. The number of anilines is 2. The van der Waals surface area contributed by atoms with E-state index in [4.69, 9.17) is 5.73 Å². The van der Waals surface area contributed by atoms with Crippen molar-refractivity contribution in [2.45, 2.75) is 6.92 Å². The monoisotopic (exact) mass is 380 g/mol. The molecule has 0 aliphatic carbocycles. The first-order valence-corrected chi connectivity index (χ1v) is 9.20. The predicted octanol–water partition coefficient (Wildman–Crippen LogP) is 1.75. The van der Waals surface area contributed by atoms with Crippen molar-refractivity contribution in [3.63, 3.8) is 0 Å². The van der Waals surface area contributed by atoms with Crippen molar-refractivity contribution in [3.8, 4) is 0 Å². The second-order valence-corrected chi connectivity index (χ2v) is 6.86. The number of hydrogen-bond donors (Lipinski definition) is 2. The maximum absolute atomic E-state index is 12.3. The highest BCUT2D eigenvalue weighted by Gasteiger charge is 2.19. The van der Waals surface area contributed by atoms with E-state index in [0.717, 1.165) is 31.9 Å². The Morgan fingerprint density at radius 1 is 0.893 bits per heavy atom. The van der Waals surface area contributed by atoms with Crippen LogP contribution in [0.5, 0.6) is 0 Å². The largest absolute Gasteiger partial charge is 0.369 e. The van der Waals surface area contributed by atoms with Gasteiger partial charge in [0.25, 0.3) is 0 Å². The van der Waals surface area contributed by atoms with Crippen molar-refractivity contribution in [2.24, 2.45) is 5.73 Å². The van der Waals surface area contributed by atoms with E-state index in [-0.39, 0.29) is 11.7 Å². The fourth-order valence-corrected chi connectivity index (χ4v) is 3.19. The van der Waals surface area contributed by atoms with Gasteiger partial charge in [-0.3, -0.25) is 19.3 Å². The Balaban J connectivity index is 1.47. The number of carbonyl (C=O) groups excluding carboxylic acids is 3. The summed E-state index contributed by atoms with van der Waals surface area (Å²) in [4.78, 5) is 39.1. The first kappa shape index (κ1) is 19.6. The van der Waals surface area contributed by atoms with Crippen molar-refractivity contribution in [2.75, 3.05) is 42.9 Å². The molecule has 3 rings (SSSR count). The zero-order valence-electron chi connectivity index (χ0n) is 15.9. The summed E-state index contributed by atoms with van der Waals surface area (Å²) >= 11 is 0. The van der Waals surface area contributed by atoms with E-state index in [1.165, 1.54) is 0 Å². The number of nitrogens with one attached hydrogen (secondary N) is 1. The van der Waals surface area contributed by atoms with Gasteiger partial charge < -0.3 is 16.0 Å². The van der Waals surface area contributed by atoms with Gasteiger partial charge in [0.2, 0.25) is 11.8 Å². The van der Waals surface area contributed by atoms with Crippen LogP contribution in [0.1, 0.15) is 27.6 Å². The first-order chi connectivity index (χ1) is 13.4. The Kier molecular flexibility index (Phi) is 6.06. The number of nitrogens with zero attached hydrogens (tertiary/aromatic N) is 2. The molecule has 1 aliphatic rings. The van der Waals surface area contributed by atoms with Gasteiger partial charge >= 0.3 is 0 Å². The summed E-state index contributed by atoms with van der Waals surface area (Å²) < 4.78 is 0. The molecule has 7 nitrogen and oxygen atoms in total. The van der Waals surface area contributed by atoms with E-state index in [9.17, 15) is 14.4 Å². The van der Waals surface area contributed by atoms with Crippen LogP contribution in [0.3, 0.4) is 0 Å². The molecule has 0 saturated carbocycles. The van der Waals surface area contributed by atoms with Gasteiger partial charge in [-0.2, -0.15) is 0 Å². The van der Waals surface area contributed by atoms with Gasteiger partial charge in [0.15, 0.2) is 5.78 Å². The molecule has 1 aliphatic heterocycles. The smallest absolute Gasteiger partial charge is 0.248 e. The Labute approximate surface area is 164 Å². The number of piperazine rings is 1. The maximum atomic E-state index is 12.3. The standard InChI is InChI=1S/C21H24N4O3/c1-15(26)16-4-8-19(9-5-16)25-12-10-24(11-13-25)14-20(27)23-18-6-2-17(3-7-18)21(22)28/h2-9H,10-14H2,1H3,(H2,22,28)(H,23,27). The molecule has 0 atom stereocenters. The van der Waals surface area contributed by atoms with E-state index < -0.39 is 5.91 Å². The van der Waals surface area contributed by atoms with Crippen molar-refractivity contribution in [1.82, 2.24) is 4.90 Å². The average Bonchev–Trinajstić information content (AvgIpc) is 2.69. The third-order valence-corrected chi connectivity index (χ3v) is 4.83. The number of nitrogens with two attached hydrogens (primary N) is 1. The van der Waals surface area contributed by atoms with Crippen LogP contribution in [0.25, 0.3) is 0 Å². The van der Waals surface area contributed by atoms with Gasteiger partial charge in [0.1, 0.15) is 0 Å². The Hall–Kier alpha value is -3.19. The van der Waals surface area contributed by atoms with Crippen LogP contribution in [0.15, 0.2) is 48.5 Å². The SMILES string of the molecule is CC(=O)c1ccc(N2CCN(CC(=O)Nc3ccc(C(N)=O)cc3)CC2)cc1. The van der Waals surface area contributed by atoms with Gasteiger partial charge in [-0.1, -0.05) is 0 Å². The molecule has 28 heavy (non-hydrogen) atoms. The molecule has 2 amide bonds. The number of ketones is 1. The van der Waals surface area contributed by atoms with Crippen LogP contribution in [-0.2, 0) is 4.79 Å². The first-order valence-electron chi connectivity index (χ1n) is 9.20. The zero-order chi connectivity index (χ0) is 20.1. The molecule has 0 radical (unpaired) electrons. The highest BCUT2D eigenvalue weighted by molar-refractivity contribution is 5.95. The van der Waals surface area contributed by atoms with Crippen LogP contribution in [0, 0.1) is 0 Å². The average molecular weight is 380 g/mol. The lowest BCUT2D eigenvalue weighted by atomic mass is 10.1. The van der Waals surface area contributed by atoms with Gasteiger partial charge in [-0.05, 0) is 55.5 Å². The number of carbonyl (C=O) groups is 3. The molecule has 1 fully saturated rings. The maximum Gasteiger partial charge on any atom is 0.248 e. The number of rotatable bonds is 6. The lowest BCUT2D eigenvalue weighted by molar-refractivity contribution is -0.117. The van der Waals surface area contributed by atoms with E-state index in [1.807, 2.05) is 24.3 Å². The molecule has 1 saturated heterocycles. The second-order valence-electron chi connectivity index (χ2n) is 6.86. The molecule has 0 spiro atoms. The molecule has 146 valence electrons. The van der Waals surface area contributed by atoms with E-state index in [0.29, 0.717) is 23.4 Å². The number of hydrogen-bond acceptors (Lipinski definition) is 5. The van der Waals surface area contributed by atoms with Crippen LogP contribution in [0.2, 0.25) is 0 Å². The van der Waals surface area contributed by atoms with Crippen LogP contribution in [-0.4, -0.2) is 55.2 Å². The third kappa shape index (κ3) is 4.95. The number of Topliss-reactive ketones (excluding diaryl/α,β-unsaturated/α-hetero) is 1. The minimum absolute atomic E-state index is 0.0617. The Bertz CT molecular complexity index is 854. The normalized spacial score (nSPS) is 14.5. The molecular formula is C21H24N4O3. The fourth-order valence-electron chi connectivity index (χ4n) is 3.19. The van der Waals surface area contributed by atoms with Gasteiger partial charge in [0, 0.05) is 48.7 Å². The molecule has 3 N–H and O–H groups in total. The quantitative estimate of drug-likeness (QED) is 0.745. The molecule has 7 heteroatoms. The summed E-state index contributed by atoms with van der Waals surface area (Å²) in [6, 6.07) is 14.1. The van der Waals surface area contributed by atoms with E-state index >= 15 is 0 Å².